The first kappa shape index (κ1) is 14.5. The molecule has 1 aromatic rings. The number of carbonyl (C=O) groups excluding carboxylic acids is 1. The molecule has 1 aromatic carbocycles. The van der Waals surface area contributed by atoms with E-state index in [0.717, 1.165) is 0 Å². The number of likely N-dealkylation sites (tertiary alicyclic amines) is 1. The third-order valence-electron chi connectivity index (χ3n) is 3.88. The summed E-state index contributed by atoms with van der Waals surface area (Å²) in [6, 6.07) is 6.57. The minimum atomic E-state index is -1.01. The van der Waals surface area contributed by atoms with Crippen LogP contribution in [0.3, 0.4) is 0 Å². The second-order valence-corrected chi connectivity index (χ2v) is 5.60. The highest BCUT2D eigenvalue weighted by Gasteiger charge is 2.34. The fraction of sp³-hybridized carbons (Fsp3) is 0.467. The van der Waals surface area contributed by atoms with Crippen molar-refractivity contribution in [2.45, 2.75) is 13.0 Å². The summed E-state index contributed by atoms with van der Waals surface area (Å²) in [5, 5.41) is 8.98. The van der Waals surface area contributed by atoms with Gasteiger partial charge in [-0.25, -0.2) is 4.79 Å². The lowest BCUT2D eigenvalue weighted by atomic mass is 10.1. The topological polar surface area (TPSA) is 60.9 Å². The number of carbonyl (C=O) groups is 2. The Balaban J connectivity index is 2.16. The molecule has 0 aliphatic carbocycles. The van der Waals surface area contributed by atoms with Crippen LogP contribution in [0.15, 0.2) is 24.3 Å². The van der Waals surface area contributed by atoms with Crippen LogP contribution in [-0.4, -0.2) is 60.0 Å². The Morgan fingerprint density at radius 2 is 1.90 bits per heavy atom. The van der Waals surface area contributed by atoms with Gasteiger partial charge >= 0.3 is 5.97 Å². The molecule has 5 nitrogen and oxygen atoms in total. The van der Waals surface area contributed by atoms with E-state index in [4.69, 9.17) is 5.11 Å². The van der Waals surface area contributed by atoms with Gasteiger partial charge in [0.25, 0.3) is 5.91 Å². The number of hydrogen-bond donors (Lipinski definition) is 1. The van der Waals surface area contributed by atoms with Gasteiger partial charge in [-0.05, 0) is 38.2 Å². The Bertz CT molecular complexity index is 528. The van der Waals surface area contributed by atoms with Crippen molar-refractivity contribution in [2.75, 3.05) is 27.2 Å². The van der Waals surface area contributed by atoms with Gasteiger partial charge in [0.2, 0.25) is 0 Å². The Morgan fingerprint density at radius 3 is 2.45 bits per heavy atom. The van der Waals surface area contributed by atoms with Crippen LogP contribution in [0.2, 0.25) is 0 Å². The number of nitrogens with zero attached hydrogens (tertiary/aromatic N) is 2. The second kappa shape index (κ2) is 5.63. The summed E-state index contributed by atoms with van der Waals surface area (Å²) in [7, 11) is 4.03. The quantitative estimate of drug-likeness (QED) is 0.906. The molecule has 1 fully saturated rings. The van der Waals surface area contributed by atoms with Gasteiger partial charge in [-0.15, -0.1) is 0 Å². The normalized spacial score (nSPS) is 22.3. The van der Waals surface area contributed by atoms with E-state index in [9.17, 15) is 9.59 Å². The van der Waals surface area contributed by atoms with Crippen molar-refractivity contribution < 1.29 is 14.7 Å². The molecular formula is C15H20N2O3. The van der Waals surface area contributed by atoms with Gasteiger partial charge < -0.3 is 14.9 Å². The first-order valence-electron chi connectivity index (χ1n) is 6.69. The molecule has 0 saturated carbocycles. The Hall–Kier alpha value is -1.88. The highest BCUT2D eigenvalue weighted by Crippen LogP contribution is 2.22. The largest absolute Gasteiger partial charge is 0.478 e. The van der Waals surface area contributed by atoms with Gasteiger partial charge in [0, 0.05) is 24.7 Å². The molecule has 0 aromatic heterocycles. The fourth-order valence-electron chi connectivity index (χ4n) is 2.76. The van der Waals surface area contributed by atoms with Crippen LogP contribution in [-0.2, 0) is 0 Å². The average molecular weight is 276 g/mol. The SMILES string of the molecule is CC1CN(C(=O)c2cccc(C(=O)O)c2)CC1N(C)C. The smallest absolute Gasteiger partial charge is 0.335 e. The summed E-state index contributed by atoms with van der Waals surface area (Å²) in [6.45, 7) is 3.52. The van der Waals surface area contributed by atoms with E-state index in [2.05, 4.69) is 11.8 Å². The molecule has 2 atom stereocenters. The van der Waals surface area contributed by atoms with Gasteiger partial charge in [-0.1, -0.05) is 13.0 Å². The number of likely N-dealkylation sites (N-methyl/N-ethyl adjacent to an activating group) is 1. The summed E-state index contributed by atoms with van der Waals surface area (Å²) in [4.78, 5) is 27.3. The van der Waals surface area contributed by atoms with Crippen LogP contribution in [0, 0.1) is 5.92 Å². The van der Waals surface area contributed by atoms with Crippen LogP contribution in [0.1, 0.15) is 27.6 Å². The number of carboxylic acids is 1. The number of hydrogen-bond acceptors (Lipinski definition) is 3. The zero-order chi connectivity index (χ0) is 14.9. The zero-order valence-corrected chi connectivity index (χ0v) is 12.0. The van der Waals surface area contributed by atoms with E-state index in [-0.39, 0.29) is 11.5 Å². The lowest BCUT2D eigenvalue weighted by molar-refractivity contribution is 0.0697. The van der Waals surface area contributed by atoms with E-state index < -0.39 is 5.97 Å². The summed E-state index contributed by atoms with van der Waals surface area (Å²) < 4.78 is 0. The molecule has 5 heteroatoms. The summed E-state index contributed by atoms with van der Waals surface area (Å²) in [6.07, 6.45) is 0. The fourth-order valence-corrected chi connectivity index (χ4v) is 2.76. The zero-order valence-electron chi connectivity index (χ0n) is 12.0. The molecular weight excluding hydrogens is 256 g/mol. The molecule has 0 spiro atoms. The maximum absolute atomic E-state index is 12.4. The van der Waals surface area contributed by atoms with Gasteiger partial charge in [-0.2, -0.15) is 0 Å². The van der Waals surface area contributed by atoms with Crippen LogP contribution >= 0.6 is 0 Å². The molecule has 108 valence electrons. The minimum absolute atomic E-state index is 0.0932. The molecule has 1 aliphatic rings. The van der Waals surface area contributed by atoms with Gasteiger partial charge in [0.15, 0.2) is 0 Å². The van der Waals surface area contributed by atoms with E-state index >= 15 is 0 Å². The summed E-state index contributed by atoms with van der Waals surface area (Å²) in [5.41, 5.74) is 0.587. The van der Waals surface area contributed by atoms with Gasteiger partial charge in [-0.3, -0.25) is 4.79 Å². The highest BCUT2D eigenvalue weighted by atomic mass is 16.4. The van der Waals surface area contributed by atoms with Crippen molar-refractivity contribution in [3.05, 3.63) is 35.4 Å². The van der Waals surface area contributed by atoms with E-state index in [0.29, 0.717) is 30.6 Å². The molecule has 1 aliphatic heterocycles. The molecule has 20 heavy (non-hydrogen) atoms. The standard InChI is InChI=1S/C15H20N2O3/c1-10-8-17(9-13(10)16(2)3)14(18)11-5-4-6-12(7-11)15(19)20/h4-7,10,13H,8-9H2,1-3H3,(H,19,20). The summed E-state index contributed by atoms with van der Waals surface area (Å²) in [5.74, 6) is -0.693. The number of carboxylic acid groups (broad SMARTS) is 1. The van der Waals surface area contributed by atoms with Crippen molar-refractivity contribution in [3.63, 3.8) is 0 Å². The minimum Gasteiger partial charge on any atom is -0.478 e. The first-order valence-corrected chi connectivity index (χ1v) is 6.69. The lowest BCUT2D eigenvalue weighted by Gasteiger charge is -2.22. The third kappa shape index (κ3) is 2.82. The van der Waals surface area contributed by atoms with E-state index in [1.54, 1.807) is 17.0 Å². The molecule has 0 radical (unpaired) electrons. The Labute approximate surface area is 118 Å². The molecule has 2 unspecified atom stereocenters. The third-order valence-corrected chi connectivity index (χ3v) is 3.88. The maximum Gasteiger partial charge on any atom is 0.335 e. The lowest BCUT2D eigenvalue weighted by Crippen LogP contribution is -2.35. The predicted octanol–water partition coefficient (Wildman–Crippen LogP) is 1.41. The van der Waals surface area contributed by atoms with Crippen molar-refractivity contribution >= 4 is 11.9 Å². The number of amides is 1. The van der Waals surface area contributed by atoms with Crippen LogP contribution < -0.4 is 0 Å². The van der Waals surface area contributed by atoms with Gasteiger partial charge in [0.05, 0.1) is 5.56 Å². The van der Waals surface area contributed by atoms with E-state index in [1.807, 2.05) is 14.1 Å². The summed E-state index contributed by atoms with van der Waals surface area (Å²) >= 11 is 0. The van der Waals surface area contributed by atoms with Crippen molar-refractivity contribution in [3.8, 4) is 0 Å². The Morgan fingerprint density at radius 1 is 1.25 bits per heavy atom. The van der Waals surface area contributed by atoms with Crippen LogP contribution in [0.4, 0.5) is 0 Å². The average Bonchev–Trinajstić information content (AvgIpc) is 2.80. The molecule has 1 amide bonds. The molecule has 1 heterocycles. The van der Waals surface area contributed by atoms with E-state index in [1.165, 1.54) is 12.1 Å². The van der Waals surface area contributed by atoms with Crippen LogP contribution in [0.25, 0.3) is 0 Å². The van der Waals surface area contributed by atoms with Gasteiger partial charge in [0.1, 0.15) is 0 Å². The maximum atomic E-state index is 12.4. The molecule has 2 rings (SSSR count). The Kier molecular flexibility index (Phi) is 4.09. The number of benzene rings is 1. The molecule has 1 saturated heterocycles. The first-order chi connectivity index (χ1) is 9.40. The monoisotopic (exact) mass is 276 g/mol. The molecule has 0 bridgehead atoms. The molecule has 1 N–H and O–H groups in total. The highest BCUT2D eigenvalue weighted by molar-refractivity contribution is 5.97. The van der Waals surface area contributed by atoms with Crippen molar-refractivity contribution in [1.82, 2.24) is 9.80 Å². The number of rotatable bonds is 3. The van der Waals surface area contributed by atoms with Crippen LogP contribution in [0.5, 0.6) is 0 Å². The van der Waals surface area contributed by atoms with Crippen molar-refractivity contribution in [2.24, 2.45) is 5.92 Å². The second-order valence-electron chi connectivity index (χ2n) is 5.60. The number of aromatic carboxylic acids is 1. The van der Waals surface area contributed by atoms with Crippen molar-refractivity contribution in [1.29, 1.82) is 0 Å². The predicted molar refractivity (Wildman–Crippen MR) is 75.9 cm³/mol.